The molecule has 1 aliphatic rings. The third kappa shape index (κ3) is 3.92. The summed E-state index contributed by atoms with van der Waals surface area (Å²) >= 11 is 0. The monoisotopic (exact) mass is 377 g/mol. The van der Waals surface area contributed by atoms with E-state index in [0.717, 1.165) is 59.7 Å². The molecule has 1 amide bonds. The maximum atomic E-state index is 12.9. The van der Waals surface area contributed by atoms with Crippen LogP contribution in [0.1, 0.15) is 44.1 Å². The highest BCUT2D eigenvalue weighted by atomic mass is 31.0. The number of piperidine rings is 1. The molecular weight excluding hydrogens is 348 g/mol. The van der Waals surface area contributed by atoms with E-state index in [1.54, 1.807) is 0 Å². The number of hydrogen-bond acceptors (Lipinski definition) is 2. The van der Waals surface area contributed by atoms with Gasteiger partial charge in [0, 0.05) is 42.6 Å². The van der Waals surface area contributed by atoms with Gasteiger partial charge in [-0.2, -0.15) is 0 Å². The highest BCUT2D eigenvalue weighted by Gasteiger charge is 2.24. The van der Waals surface area contributed by atoms with Crippen LogP contribution in [0, 0.1) is 0 Å². The molecule has 1 aromatic heterocycles. The Morgan fingerprint density at radius 1 is 1.24 bits per heavy atom. The van der Waals surface area contributed by atoms with Crippen molar-refractivity contribution in [2.24, 2.45) is 0 Å². The van der Waals surface area contributed by atoms with E-state index >= 15 is 0 Å². The van der Waals surface area contributed by atoms with E-state index in [1.165, 1.54) is 0 Å². The first-order chi connectivity index (χ1) is 11.9. The van der Waals surface area contributed by atoms with E-state index in [-0.39, 0.29) is 11.9 Å². The summed E-state index contributed by atoms with van der Waals surface area (Å²) in [6.07, 6.45) is 2.06. The number of nitrogens with one attached hydrogen (secondary N) is 1. The van der Waals surface area contributed by atoms with Gasteiger partial charge in [0.05, 0.1) is 0 Å². The number of benzene rings is 1. The standard InChI is InChI=1S/C19H29N3OP2/c1-4-22-16-9-14(24)10-18(25)15(16)11-17(22)19(23)20-13-5-7-21(8-6-13)12(2)3/h9-13H,4-8,24-25H2,1-3H3,(H,20,23). The molecule has 0 aliphatic carbocycles. The Balaban J connectivity index is 1.80. The Morgan fingerprint density at radius 2 is 1.92 bits per heavy atom. The average molecular weight is 377 g/mol. The van der Waals surface area contributed by atoms with Crippen LogP contribution in [0.2, 0.25) is 0 Å². The van der Waals surface area contributed by atoms with Gasteiger partial charge in [-0.05, 0) is 62.4 Å². The molecular formula is C19H29N3OP2. The molecule has 4 nitrogen and oxygen atoms in total. The van der Waals surface area contributed by atoms with Gasteiger partial charge in [0.25, 0.3) is 5.91 Å². The Hall–Kier alpha value is -0.950. The van der Waals surface area contributed by atoms with Crippen molar-refractivity contribution in [2.75, 3.05) is 13.1 Å². The largest absolute Gasteiger partial charge is 0.348 e. The highest BCUT2D eigenvalue weighted by molar-refractivity contribution is 7.30. The molecule has 1 aliphatic heterocycles. The molecule has 0 bridgehead atoms. The Labute approximate surface area is 155 Å². The lowest BCUT2D eigenvalue weighted by molar-refractivity contribution is 0.0892. The van der Waals surface area contributed by atoms with Gasteiger partial charge in [-0.25, -0.2) is 0 Å². The number of amides is 1. The first kappa shape index (κ1) is 18.8. The molecule has 1 aromatic carbocycles. The van der Waals surface area contributed by atoms with Gasteiger partial charge < -0.3 is 14.8 Å². The van der Waals surface area contributed by atoms with E-state index < -0.39 is 0 Å². The summed E-state index contributed by atoms with van der Waals surface area (Å²) in [6.45, 7) is 9.47. The zero-order valence-corrected chi connectivity index (χ0v) is 17.7. The number of nitrogens with zero attached hydrogens (tertiary/aromatic N) is 2. The first-order valence-corrected chi connectivity index (χ1v) is 10.3. The topological polar surface area (TPSA) is 37.3 Å². The molecule has 2 atom stereocenters. The van der Waals surface area contributed by atoms with Crippen molar-refractivity contribution in [3.63, 3.8) is 0 Å². The van der Waals surface area contributed by atoms with Gasteiger partial charge >= 0.3 is 0 Å². The van der Waals surface area contributed by atoms with Gasteiger partial charge in [0.1, 0.15) is 5.69 Å². The maximum Gasteiger partial charge on any atom is 0.268 e. The van der Waals surface area contributed by atoms with Crippen LogP contribution < -0.4 is 15.9 Å². The molecule has 136 valence electrons. The van der Waals surface area contributed by atoms with Crippen LogP contribution in [0.25, 0.3) is 10.9 Å². The molecule has 2 heterocycles. The second-order valence-electron chi connectivity index (χ2n) is 7.19. The van der Waals surface area contributed by atoms with Crippen LogP contribution in [0.15, 0.2) is 18.2 Å². The molecule has 1 saturated heterocycles. The van der Waals surface area contributed by atoms with E-state index in [0.29, 0.717) is 6.04 Å². The SMILES string of the molecule is CCn1c(C(=O)NC2CCN(C(C)C)CC2)cc2c(P)cc(P)cc21. The summed E-state index contributed by atoms with van der Waals surface area (Å²) in [4.78, 5) is 15.4. The fourth-order valence-corrected chi connectivity index (χ4v) is 4.71. The molecule has 0 radical (unpaired) electrons. The zero-order valence-electron chi connectivity index (χ0n) is 15.4. The van der Waals surface area contributed by atoms with Crippen molar-refractivity contribution in [3.8, 4) is 0 Å². The van der Waals surface area contributed by atoms with E-state index in [4.69, 9.17) is 0 Å². The molecule has 1 N–H and O–H groups in total. The minimum atomic E-state index is 0.0516. The smallest absolute Gasteiger partial charge is 0.268 e. The maximum absolute atomic E-state index is 12.9. The van der Waals surface area contributed by atoms with E-state index in [9.17, 15) is 4.79 Å². The minimum Gasteiger partial charge on any atom is -0.348 e. The Morgan fingerprint density at radius 3 is 2.52 bits per heavy atom. The van der Waals surface area contributed by atoms with Crippen LogP contribution in [0.3, 0.4) is 0 Å². The average Bonchev–Trinajstić information content (AvgIpc) is 2.94. The highest BCUT2D eigenvalue weighted by Crippen LogP contribution is 2.21. The van der Waals surface area contributed by atoms with Gasteiger partial charge in [0.15, 0.2) is 0 Å². The summed E-state index contributed by atoms with van der Waals surface area (Å²) in [6, 6.07) is 7.14. The predicted molar refractivity (Wildman–Crippen MR) is 113 cm³/mol. The summed E-state index contributed by atoms with van der Waals surface area (Å²) < 4.78 is 2.12. The van der Waals surface area contributed by atoms with Gasteiger partial charge in [-0.15, -0.1) is 18.5 Å². The molecule has 3 rings (SSSR count). The van der Waals surface area contributed by atoms with Gasteiger partial charge in [-0.1, -0.05) is 0 Å². The van der Waals surface area contributed by atoms with Crippen LogP contribution in [0.5, 0.6) is 0 Å². The molecule has 2 aromatic rings. The second-order valence-corrected chi connectivity index (χ2v) is 8.48. The quantitative estimate of drug-likeness (QED) is 0.830. The number of carbonyl (C=O) groups excluding carboxylic acids is 1. The third-order valence-electron chi connectivity index (χ3n) is 5.22. The number of aromatic nitrogens is 1. The number of carbonyl (C=O) groups is 1. The summed E-state index contributed by atoms with van der Waals surface area (Å²) in [5.74, 6) is 0.0516. The van der Waals surface area contributed by atoms with Crippen molar-refractivity contribution in [1.82, 2.24) is 14.8 Å². The molecule has 1 fully saturated rings. The summed E-state index contributed by atoms with van der Waals surface area (Å²) in [5.41, 5.74) is 1.89. The zero-order chi connectivity index (χ0) is 18.1. The fourth-order valence-electron chi connectivity index (χ4n) is 3.76. The number of rotatable bonds is 4. The number of hydrogen-bond donors (Lipinski definition) is 1. The molecule has 0 spiro atoms. The lowest BCUT2D eigenvalue weighted by Crippen LogP contribution is -2.46. The molecule has 0 saturated carbocycles. The summed E-state index contributed by atoms with van der Waals surface area (Å²) in [5, 5.41) is 6.67. The van der Waals surface area contributed by atoms with Crippen molar-refractivity contribution < 1.29 is 4.79 Å². The summed E-state index contributed by atoms with van der Waals surface area (Å²) in [7, 11) is 5.53. The number of likely N-dealkylation sites (tertiary alicyclic amines) is 1. The predicted octanol–water partition coefficient (Wildman–Crippen LogP) is 2.26. The molecule has 2 unspecified atom stereocenters. The van der Waals surface area contributed by atoms with Crippen molar-refractivity contribution in [2.45, 2.75) is 52.2 Å². The van der Waals surface area contributed by atoms with Crippen molar-refractivity contribution in [1.29, 1.82) is 0 Å². The van der Waals surface area contributed by atoms with Crippen molar-refractivity contribution >= 4 is 45.9 Å². The molecule has 6 heteroatoms. The van der Waals surface area contributed by atoms with Crippen molar-refractivity contribution in [3.05, 3.63) is 23.9 Å². The van der Waals surface area contributed by atoms with Gasteiger partial charge in [-0.3, -0.25) is 4.79 Å². The lowest BCUT2D eigenvalue weighted by Gasteiger charge is -2.34. The Bertz CT molecular complexity index is 777. The van der Waals surface area contributed by atoms with Crippen LogP contribution in [-0.4, -0.2) is 40.5 Å². The number of aryl methyl sites for hydroxylation is 1. The normalized spacial score (nSPS) is 16.7. The first-order valence-electron chi connectivity index (χ1n) is 9.13. The minimum absolute atomic E-state index is 0.0516. The van der Waals surface area contributed by atoms with Crippen LogP contribution in [-0.2, 0) is 6.54 Å². The van der Waals surface area contributed by atoms with Crippen LogP contribution in [0.4, 0.5) is 0 Å². The molecule has 25 heavy (non-hydrogen) atoms. The Kier molecular flexibility index (Phi) is 5.83. The van der Waals surface area contributed by atoms with E-state index in [1.807, 2.05) is 6.07 Å². The van der Waals surface area contributed by atoms with Crippen LogP contribution >= 0.6 is 18.5 Å². The third-order valence-corrected chi connectivity index (χ3v) is 6.03. The fraction of sp³-hybridized carbons (Fsp3) is 0.526. The van der Waals surface area contributed by atoms with Gasteiger partial charge in [0.2, 0.25) is 0 Å². The van der Waals surface area contributed by atoms with E-state index in [2.05, 4.69) is 66.2 Å². The number of fused-ring (bicyclic) bond motifs is 1. The lowest BCUT2D eigenvalue weighted by atomic mass is 10.0. The second kappa shape index (κ2) is 7.74.